The first-order valence-corrected chi connectivity index (χ1v) is 8.10. The molecule has 1 heterocycles. The molecule has 0 radical (unpaired) electrons. The van der Waals surface area contributed by atoms with Crippen LogP contribution in [0.3, 0.4) is 0 Å². The number of thiazole rings is 1. The number of rotatable bonds is 5. The second kappa shape index (κ2) is 6.58. The third-order valence-corrected chi connectivity index (χ3v) is 4.54. The molecular weight excluding hydrogens is 280 g/mol. The highest BCUT2D eigenvalue weighted by atomic mass is 32.1. The number of hydrogen-bond donors (Lipinski definition) is 1. The van der Waals surface area contributed by atoms with Crippen molar-refractivity contribution in [1.29, 1.82) is 0 Å². The summed E-state index contributed by atoms with van der Waals surface area (Å²) in [5.41, 5.74) is 10.6. The first-order chi connectivity index (χ1) is 9.86. The molecule has 1 unspecified atom stereocenters. The smallest absolute Gasteiger partial charge is 0.140 e. The van der Waals surface area contributed by atoms with Crippen molar-refractivity contribution in [3.63, 3.8) is 0 Å². The van der Waals surface area contributed by atoms with Gasteiger partial charge in [-0.15, -0.1) is 11.3 Å². The summed E-state index contributed by atoms with van der Waals surface area (Å²) in [6.07, 6.45) is 0.896. The van der Waals surface area contributed by atoms with E-state index in [-0.39, 0.29) is 6.04 Å². The number of ether oxygens (including phenoxy) is 1. The van der Waals surface area contributed by atoms with Crippen molar-refractivity contribution in [2.45, 2.75) is 53.7 Å². The Balaban J connectivity index is 2.13. The first-order valence-electron chi connectivity index (χ1n) is 7.28. The van der Waals surface area contributed by atoms with E-state index in [0.717, 1.165) is 34.0 Å². The molecular formula is C17H24N2OS. The lowest BCUT2D eigenvalue weighted by atomic mass is 10.0. The topological polar surface area (TPSA) is 48.1 Å². The van der Waals surface area contributed by atoms with E-state index in [4.69, 9.17) is 10.5 Å². The molecule has 1 atom stereocenters. The number of benzene rings is 1. The highest BCUT2D eigenvalue weighted by Gasteiger charge is 2.10. The lowest BCUT2D eigenvalue weighted by Crippen LogP contribution is -2.18. The molecule has 0 spiro atoms. The van der Waals surface area contributed by atoms with Crippen LogP contribution in [0.5, 0.6) is 5.75 Å². The van der Waals surface area contributed by atoms with Gasteiger partial charge in [-0.1, -0.05) is 12.1 Å². The molecule has 2 aromatic rings. The zero-order valence-electron chi connectivity index (χ0n) is 13.5. The van der Waals surface area contributed by atoms with Crippen molar-refractivity contribution in [2.24, 2.45) is 5.73 Å². The summed E-state index contributed by atoms with van der Waals surface area (Å²) in [6, 6.07) is 4.52. The van der Waals surface area contributed by atoms with Crippen molar-refractivity contribution in [1.82, 2.24) is 4.98 Å². The minimum Gasteiger partial charge on any atom is -0.486 e. The van der Waals surface area contributed by atoms with Gasteiger partial charge in [0.1, 0.15) is 17.4 Å². The fourth-order valence-corrected chi connectivity index (χ4v) is 3.34. The lowest BCUT2D eigenvalue weighted by Gasteiger charge is -2.14. The number of hydrogen-bond acceptors (Lipinski definition) is 4. The van der Waals surface area contributed by atoms with Crippen LogP contribution in [0.25, 0.3) is 0 Å². The second-order valence-corrected chi connectivity index (χ2v) is 7.07. The van der Waals surface area contributed by atoms with E-state index in [1.54, 1.807) is 11.3 Å². The fraction of sp³-hybridized carbons (Fsp3) is 0.471. The highest BCUT2D eigenvalue weighted by Crippen LogP contribution is 2.27. The Morgan fingerprint density at radius 2 is 1.81 bits per heavy atom. The summed E-state index contributed by atoms with van der Waals surface area (Å²) < 4.78 is 6.00. The Morgan fingerprint density at radius 1 is 1.19 bits per heavy atom. The zero-order valence-corrected chi connectivity index (χ0v) is 14.3. The molecule has 0 saturated carbocycles. The van der Waals surface area contributed by atoms with Gasteiger partial charge in [0.2, 0.25) is 0 Å². The standard InChI is InChI=1S/C17H24N2OS/c1-10-6-15(8-12(3)18)7-11(2)17(10)20-9-16-19-13(4)14(5)21-16/h6-7,12H,8-9,18H2,1-5H3. The van der Waals surface area contributed by atoms with Gasteiger partial charge in [-0.05, 0) is 57.7 Å². The molecule has 2 rings (SSSR count). The van der Waals surface area contributed by atoms with Gasteiger partial charge >= 0.3 is 0 Å². The summed E-state index contributed by atoms with van der Waals surface area (Å²) in [6.45, 7) is 10.9. The molecule has 2 N–H and O–H groups in total. The number of aromatic nitrogens is 1. The van der Waals surface area contributed by atoms with Crippen LogP contribution in [-0.2, 0) is 13.0 Å². The van der Waals surface area contributed by atoms with E-state index < -0.39 is 0 Å². The quantitative estimate of drug-likeness (QED) is 0.913. The van der Waals surface area contributed by atoms with Crippen molar-refractivity contribution in [2.75, 3.05) is 0 Å². The SMILES string of the molecule is Cc1cc(CC(C)N)cc(C)c1OCc1nc(C)c(C)s1. The van der Waals surface area contributed by atoms with E-state index in [1.807, 2.05) is 13.8 Å². The molecule has 0 fully saturated rings. The Labute approximate surface area is 131 Å². The molecule has 1 aromatic heterocycles. The van der Waals surface area contributed by atoms with E-state index in [1.165, 1.54) is 10.4 Å². The predicted molar refractivity (Wildman–Crippen MR) is 89.2 cm³/mol. The predicted octanol–water partition coefficient (Wildman–Crippen LogP) is 3.85. The maximum absolute atomic E-state index is 6.00. The van der Waals surface area contributed by atoms with E-state index in [9.17, 15) is 0 Å². The molecule has 21 heavy (non-hydrogen) atoms. The number of nitrogens with two attached hydrogens (primary N) is 1. The molecule has 4 heteroatoms. The summed E-state index contributed by atoms with van der Waals surface area (Å²) in [5, 5.41) is 1.03. The molecule has 3 nitrogen and oxygen atoms in total. The first kappa shape index (κ1) is 16.0. The van der Waals surface area contributed by atoms with Crippen molar-refractivity contribution < 1.29 is 4.74 Å². The third-order valence-electron chi connectivity index (χ3n) is 3.49. The highest BCUT2D eigenvalue weighted by molar-refractivity contribution is 7.11. The van der Waals surface area contributed by atoms with Gasteiger partial charge in [-0.25, -0.2) is 4.98 Å². The van der Waals surface area contributed by atoms with Gasteiger partial charge in [0.15, 0.2) is 0 Å². The van der Waals surface area contributed by atoms with E-state index in [0.29, 0.717) is 6.61 Å². The minimum atomic E-state index is 0.178. The molecule has 0 bridgehead atoms. The average molecular weight is 304 g/mol. The van der Waals surface area contributed by atoms with Gasteiger partial charge in [0.25, 0.3) is 0 Å². The Bertz CT molecular complexity index is 589. The molecule has 114 valence electrons. The minimum absolute atomic E-state index is 0.178. The molecule has 0 aliphatic heterocycles. The second-order valence-electron chi connectivity index (χ2n) is 5.78. The maximum atomic E-state index is 6.00. The third kappa shape index (κ3) is 4.05. The lowest BCUT2D eigenvalue weighted by molar-refractivity contribution is 0.301. The Morgan fingerprint density at radius 3 is 2.29 bits per heavy atom. The molecule has 0 aliphatic rings. The number of aryl methyl sites for hydroxylation is 4. The zero-order chi connectivity index (χ0) is 15.6. The van der Waals surface area contributed by atoms with Crippen LogP contribution < -0.4 is 10.5 Å². The summed E-state index contributed by atoms with van der Waals surface area (Å²) >= 11 is 1.70. The van der Waals surface area contributed by atoms with Crippen LogP contribution >= 0.6 is 11.3 Å². The summed E-state index contributed by atoms with van der Waals surface area (Å²) in [5.74, 6) is 0.967. The molecule has 1 aromatic carbocycles. The van der Waals surface area contributed by atoms with Gasteiger partial charge in [-0.2, -0.15) is 0 Å². The van der Waals surface area contributed by atoms with Crippen molar-refractivity contribution in [3.05, 3.63) is 44.4 Å². The monoisotopic (exact) mass is 304 g/mol. The summed E-state index contributed by atoms with van der Waals surface area (Å²) in [7, 11) is 0. The van der Waals surface area contributed by atoms with Gasteiger partial charge in [0, 0.05) is 10.9 Å². The fourth-order valence-electron chi connectivity index (χ4n) is 2.49. The van der Waals surface area contributed by atoms with Crippen LogP contribution in [0, 0.1) is 27.7 Å². The normalized spacial score (nSPS) is 12.5. The Kier molecular flexibility index (Phi) is 5.01. The van der Waals surface area contributed by atoms with E-state index in [2.05, 4.69) is 37.9 Å². The van der Waals surface area contributed by atoms with Crippen LogP contribution in [0.4, 0.5) is 0 Å². The molecule has 0 amide bonds. The van der Waals surface area contributed by atoms with Crippen LogP contribution in [0.1, 0.15) is 39.2 Å². The summed E-state index contributed by atoms with van der Waals surface area (Å²) in [4.78, 5) is 5.78. The van der Waals surface area contributed by atoms with Crippen molar-refractivity contribution in [3.8, 4) is 5.75 Å². The van der Waals surface area contributed by atoms with Crippen molar-refractivity contribution >= 4 is 11.3 Å². The van der Waals surface area contributed by atoms with Gasteiger partial charge in [0.05, 0.1) is 5.69 Å². The van der Waals surface area contributed by atoms with Crippen LogP contribution in [-0.4, -0.2) is 11.0 Å². The van der Waals surface area contributed by atoms with Gasteiger partial charge in [-0.3, -0.25) is 0 Å². The number of nitrogens with zero attached hydrogens (tertiary/aromatic N) is 1. The Hall–Kier alpha value is -1.39. The van der Waals surface area contributed by atoms with Crippen LogP contribution in [0.2, 0.25) is 0 Å². The van der Waals surface area contributed by atoms with Gasteiger partial charge < -0.3 is 10.5 Å². The largest absolute Gasteiger partial charge is 0.486 e. The molecule has 0 saturated heterocycles. The average Bonchev–Trinajstić information content (AvgIpc) is 2.66. The van der Waals surface area contributed by atoms with E-state index >= 15 is 0 Å². The van der Waals surface area contributed by atoms with Crippen LogP contribution in [0.15, 0.2) is 12.1 Å². The maximum Gasteiger partial charge on any atom is 0.140 e. The molecule has 0 aliphatic carbocycles.